The zero-order valence-electron chi connectivity index (χ0n) is 10.5. The number of carbonyl (C=O) groups is 1. The second kappa shape index (κ2) is 7.07. The Kier molecular flexibility index (Phi) is 5.70. The standard InChI is InChI=1S/C14H20O3/c1-3-4-5-13(17-2)12-8-6-11(7-9-12)10-14(15)16/h6-9,13H,3-5,10H2,1-2H3,(H,15,16)/t13-/m1/s1. The molecule has 0 heterocycles. The van der Waals surface area contributed by atoms with Crippen molar-refractivity contribution in [2.24, 2.45) is 0 Å². The van der Waals surface area contributed by atoms with E-state index in [1.165, 1.54) is 0 Å². The number of hydrogen-bond acceptors (Lipinski definition) is 2. The van der Waals surface area contributed by atoms with Crippen LogP contribution in [0, 0.1) is 0 Å². The number of rotatable bonds is 7. The van der Waals surface area contributed by atoms with Crippen molar-refractivity contribution in [3.05, 3.63) is 35.4 Å². The third kappa shape index (κ3) is 4.57. The van der Waals surface area contributed by atoms with E-state index in [2.05, 4.69) is 6.92 Å². The largest absolute Gasteiger partial charge is 0.481 e. The van der Waals surface area contributed by atoms with Crippen molar-refractivity contribution in [2.45, 2.75) is 38.7 Å². The molecule has 0 aliphatic heterocycles. The van der Waals surface area contributed by atoms with Gasteiger partial charge in [-0.15, -0.1) is 0 Å². The van der Waals surface area contributed by atoms with E-state index in [4.69, 9.17) is 9.84 Å². The first-order valence-corrected chi connectivity index (χ1v) is 6.00. The fourth-order valence-electron chi connectivity index (χ4n) is 1.83. The molecule has 0 saturated carbocycles. The highest BCUT2D eigenvalue weighted by Crippen LogP contribution is 2.23. The summed E-state index contributed by atoms with van der Waals surface area (Å²) in [5.74, 6) is -0.799. The molecule has 0 radical (unpaired) electrons. The molecular formula is C14H20O3. The Morgan fingerprint density at radius 1 is 1.35 bits per heavy atom. The van der Waals surface area contributed by atoms with E-state index in [1.807, 2.05) is 24.3 Å². The minimum absolute atomic E-state index is 0.0763. The average Bonchev–Trinajstić information content (AvgIpc) is 2.31. The van der Waals surface area contributed by atoms with Crippen LogP contribution < -0.4 is 0 Å². The zero-order chi connectivity index (χ0) is 12.7. The van der Waals surface area contributed by atoms with E-state index in [-0.39, 0.29) is 12.5 Å². The van der Waals surface area contributed by atoms with E-state index < -0.39 is 5.97 Å². The van der Waals surface area contributed by atoms with Crippen molar-refractivity contribution in [3.8, 4) is 0 Å². The molecule has 94 valence electrons. The van der Waals surface area contributed by atoms with Gasteiger partial charge in [0.25, 0.3) is 0 Å². The summed E-state index contributed by atoms with van der Waals surface area (Å²) in [6, 6.07) is 7.65. The molecule has 3 nitrogen and oxygen atoms in total. The van der Waals surface area contributed by atoms with Gasteiger partial charge in [0.15, 0.2) is 0 Å². The van der Waals surface area contributed by atoms with Crippen LogP contribution in [0.2, 0.25) is 0 Å². The monoisotopic (exact) mass is 236 g/mol. The van der Waals surface area contributed by atoms with Crippen molar-refractivity contribution < 1.29 is 14.6 Å². The van der Waals surface area contributed by atoms with Gasteiger partial charge in [-0.05, 0) is 17.5 Å². The van der Waals surface area contributed by atoms with Gasteiger partial charge < -0.3 is 9.84 Å². The number of unbranched alkanes of at least 4 members (excludes halogenated alkanes) is 1. The van der Waals surface area contributed by atoms with Crippen LogP contribution in [0.5, 0.6) is 0 Å². The van der Waals surface area contributed by atoms with Gasteiger partial charge >= 0.3 is 5.97 Å². The topological polar surface area (TPSA) is 46.5 Å². The van der Waals surface area contributed by atoms with Crippen LogP contribution >= 0.6 is 0 Å². The molecule has 0 aliphatic rings. The highest BCUT2D eigenvalue weighted by molar-refractivity contribution is 5.70. The SMILES string of the molecule is CCCC[C@@H](OC)c1ccc(CC(=O)O)cc1. The Labute approximate surface area is 102 Å². The number of carboxylic acid groups (broad SMARTS) is 1. The number of benzene rings is 1. The highest BCUT2D eigenvalue weighted by Gasteiger charge is 2.10. The molecule has 0 amide bonds. The molecule has 0 unspecified atom stereocenters. The molecule has 1 aromatic rings. The minimum Gasteiger partial charge on any atom is -0.481 e. The summed E-state index contributed by atoms with van der Waals surface area (Å²) in [7, 11) is 1.71. The Balaban J connectivity index is 2.67. The van der Waals surface area contributed by atoms with Crippen LogP contribution in [0.3, 0.4) is 0 Å². The van der Waals surface area contributed by atoms with Crippen LogP contribution in [0.25, 0.3) is 0 Å². The number of methoxy groups -OCH3 is 1. The number of carboxylic acids is 1. The first-order chi connectivity index (χ1) is 8.17. The third-order valence-electron chi connectivity index (χ3n) is 2.81. The summed E-state index contributed by atoms with van der Waals surface area (Å²) in [5.41, 5.74) is 1.95. The summed E-state index contributed by atoms with van der Waals surface area (Å²) < 4.78 is 5.44. The summed E-state index contributed by atoms with van der Waals surface area (Å²) in [4.78, 5) is 10.6. The lowest BCUT2D eigenvalue weighted by Gasteiger charge is -2.15. The van der Waals surface area contributed by atoms with Crippen LogP contribution in [-0.4, -0.2) is 18.2 Å². The summed E-state index contributed by atoms with van der Waals surface area (Å²) in [6.45, 7) is 2.16. The fraction of sp³-hybridized carbons (Fsp3) is 0.500. The molecule has 0 fully saturated rings. The maximum atomic E-state index is 10.6. The molecule has 1 N–H and O–H groups in total. The molecule has 0 spiro atoms. The molecule has 0 saturated heterocycles. The molecule has 0 aromatic heterocycles. The predicted octanol–water partition coefficient (Wildman–Crippen LogP) is 3.19. The van der Waals surface area contributed by atoms with Crippen LogP contribution in [0.4, 0.5) is 0 Å². The first kappa shape index (κ1) is 13.7. The van der Waals surface area contributed by atoms with Crippen molar-refractivity contribution in [3.63, 3.8) is 0 Å². The molecule has 1 aromatic carbocycles. The highest BCUT2D eigenvalue weighted by atomic mass is 16.5. The second-order valence-electron chi connectivity index (χ2n) is 4.18. The van der Waals surface area contributed by atoms with E-state index in [0.717, 1.165) is 30.4 Å². The Morgan fingerprint density at radius 2 is 2.00 bits per heavy atom. The van der Waals surface area contributed by atoms with Crippen molar-refractivity contribution >= 4 is 5.97 Å². The Bertz CT molecular complexity index is 343. The molecule has 0 bridgehead atoms. The first-order valence-electron chi connectivity index (χ1n) is 6.00. The van der Waals surface area contributed by atoms with Crippen molar-refractivity contribution in [1.29, 1.82) is 0 Å². The van der Waals surface area contributed by atoms with E-state index in [9.17, 15) is 4.79 Å². The molecule has 1 atom stereocenters. The quantitative estimate of drug-likeness (QED) is 0.790. The lowest BCUT2D eigenvalue weighted by molar-refractivity contribution is -0.136. The van der Waals surface area contributed by atoms with E-state index >= 15 is 0 Å². The van der Waals surface area contributed by atoms with E-state index in [0.29, 0.717) is 0 Å². The molecule has 1 rings (SSSR count). The predicted molar refractivity (Wildman–Crippen MR) is 67.1 cm³/mol. The average molecular weight is 236 g/mol. The number of aliphatic carboxylic acids is 1. The van der Waals surface area contributed by atoms with Gasteiger partial charge in [-0.3, -0.25) is 4.79 Å². The Hall–Kier alpha value is -1.35. The van der Waals surface area contributed by atoms with E-state index in [1.54, 1.807) is 7.11 Å². The van der Waals surface area contributed by atoms with Gasteiger partial charge in [-0.25, -0.2) is 0 Å². The maximum absolute atomic E-state index is 10.6. The van der Waals surface area contributed by atoms with Gasteiger partial charge in [-0.2, -0.15) is 0 Å². The van der Waals surface area contributed by atoms with Gasteiger partial charge in [0.05, 0.1) is 12.5 Å². The molecule has 0 aliphatic carbocycles. The minimum atomic E-state index is -0.799. The molecule has 17 heavy (non-hydrogen) atoms. The fourth-order valence-corrected chi connectivity index (χ4v) is 1.83. The van der Waals surface area contributed by atoms with Crippen LogP contribution in [0.15, 0.2) is 24.3 Å². The zero-order valence-corrected chi connectivity index (χ0v) is 10.5. The molecule has 3 heteroatoms. The number of ether oxygens (including phenoxy) is 1. The lowest BCUT2D eigenvalue weighted by atomic mass is 10.0. The lowest BCUT2D eigenvalue weighted by Crippen LogP contribution is -2.03. The van der Waals surface area contributed by atoms with Crippen molar-refractivity contribution in [1.82, 2.24) is 0 Å². The number of hydrogen-bond donors (Lipinski definition) is 1. The maximum Gasteiger partial charge on any atom is 0.307 e. The second-order valence-corrected chi connectivity index (χ2v) is 4.18. The van der Waals surface area contributed by atoms with Gasteiger partial charge in [0.1, 0.15) is 0 Å². The third-order valence-corrected chi connectivity index (χ3v) is 2.81. The van der Waals surface area contributed by atoms with Crippen LogP contribution in [0.1, 0.15) is 43.4 Å². The summed E-state index contributed by atoms with van der Waals surface area (Å²) in [5, 5.41) is 8.68. The van der Waals surface area contributed by atoms with Crippen LogP contribution in [-0.2, 0) is 16.0 Å². The summed E-state index contributed by atoms with van der Waals surface area (Å²) >= 11 is 0. The smallest absolute Gasteiger partial charge is 0.307 e. The van der Waals surface area contributed by atoms with Gasteiger partial charge in [0, 0.05) is 7.11 Å². The summed E-state index contributed by atoms with van der Waals surface area (Å²) in [6.07, 6.45) is 3.48. The van der Waals surface area contributed by atoms with Gasteiger partial charge in [-0.1, -0.05) is 44.0 Å². The van der Waals surface area contributed by atoms with Gasteiger partial charge in [0.2, 0.25) is 0 Å². The normalized spacial score (nSPS) is 12.4. The molecular weight excluding hydrogens is 216 g/mol. The van der Waals surface area contributed by atoms with Crippen molar-refractivity contribution in [2.75, 3.05) is 7.11 Å². The Morgan fingerprint density at radius 3 is 2.47 bits per heavy atom.